The lowest BCUT2D eigenvalue weighted by Crippen LogP contribution is -2.14. The Kier molecular flexibility index (Phi) is 5.33. The monoisotopic (exact) mass is 354 g/mol. The van der Waals surface area contributed by atoms with Crippen molar-refractivity contribution in [2.75, 3.05) is 11.6 Å². The fourth-order valence-corrected chi connectivity index (χ4v) is 3.56. The summed E-state index contributed by atoms with van der Waals surface area (Å²) in [6.07, 6.45) is 2.35. The van der Waals surface area contributed by atoms with Crippen LogP contribution in [0.25, 0.3) is 11.3 Å². The first-order chi connectivity index (χ1) is 11.6. The van der Waals surface area contributed by atoms with Crippen molar-refractivity contribution >= 4 is 34.7 Å². The fourth-order valence-electron chi connectivity index (χ4n) is 2.35. The lowest BCUT2D eigenvalue weighted by atomic mass is 10.2. The van der Waals surface area contributed by atoms with E-state index in [2.05, 4.69) is 40.8 Å². The molecule has 0 aliphatic carbocycles. The Morgan fingerprint density at radius 1 is 1.21 bits per heavy atom. The number of carbonyl (C=O) groups is 1. The number of nitrogens with one attached hydrogen (secondary N) is 1. The summed E-state index contributed by atoms with van der Waals surface area (Å²) in [5, 5.41) is 5.75. The molecule has 3 nitrogen and oxygen atoms in total. The third-order valence-electron chi connectivity index (χ3n) is 3.55. The van der Waals surface area contributed by atoms with Crippen molar-refractivity contribution < 1.29 is 4.79 Å². The largest absolute Gasteiger partial charge is 0.326 e. The molecular formula is C19H18N2OS2. The second-order valence-corrected chi connectivity index (χ2v) is 7.27. The molecule has 0 unspecified atom stereocenters. The normalized spacial score (nSPS) is 10.6. The van der Waals surface area contributed by atoms with Crippen LogP contribution in [0.2, 0.25) is 0 Å². The van der Waals surface area contributed by atoms with Crippen molar-refractivity contribution in [1.82, 2.24) is 4.98 Å². The molecule has 0 radical (unpaired) electrons. The number of aryl methyl sites for hydroxylation is 1. The minimum Gasteiger partial charge on any atom is -0.326 e. The maximum atomic E-state index is 12.2. The third kappa shape index (κ3) is 4.24. The van der Waals surface area contributed by atoms with Crippen molar-refractivity contribution in [2.24, 2.45) is 0 Å². The van der Waals surface area contributed by atoms with Gasteiger partial charge in [-0.05, 0) is 43.0 Å². The Morgan fingerprint density at radius 3 is 2.71 bits per heavy atom. The SMILES string of the molecule is CSc1ccc(-c2csc(CC(=O)Nc3cccc(C)c3)n2)cc1. The Balaban J connectivity index is 1.65. The van der Waals surface area contributed by atoms with Gasteiger partial charge >= 0.3 is 0 Å². The van der Waals surface area contributed by atoms with Crippen LogP contribution in [-0.2, 0) is 11.2 Å². The standard InChI is InChI=1S/C19H18N2OS2/c1-13-4-3-5-15(10-13)20-18(22)11-19-21-17(12-24-19)14-6-8-16(23-2)9-7-14/h3-10,12H,11H2,1-2H3,(H,20,22). The number of thioether (sulfide) groups is 1. The van der Waals surface area contributed by atoms with Crippen molar-refractivity contribution in [3.8, 4) is 11.3 Å². The highest BCUT2D eigenvalue weighted by Gasteiger charge is 2.10. The summed E-state index contributed by atoms with van der Waals surface area (Å²) in [5.41, 5.74) is 3.95. The van der Waals surface area contributed by atoms with E-state index in [9.17, 15) is 4.79 Å². The molecule has 0 atom stereocenters. The molecule has 1 heterocycles. The van der Waals surface area contributed by atoms with Gasteiger partial charge in [0.2, 0.25) is 5.91 Å². The predicted molar refractivity (Wildman–Crippen MR) is 103 cm³/mol. The molecule has 5 heteroatoms. The van der Waals surface area contributed by atoms with Gasteiger partial charge in [0.05, 0.1) is 12.1 Å². The topological polar surface area (TPSA) is 42.0 Å². The van der Waals surface area contributed by atoms with E-state index in [0.717, 1.165) is 27.5 Å². The van der Waals surface area contributed by atoms with Gasteiger partial charge in [-0.1, -0.05) is 24.3 Å². The molecule has 1 N–H and O–H groups in total. The van der Waals surface area contributed by atoms with Gasteiger partial charge < -0.3 is 5.32 Å². The molecule has 3 rings (SSSR count). The zero-order valence-electron chi connectivity index (χ0n) is 13.6. The first kappa shape index (κ1) is 16.7. The first-order valence-electron chi connectivity index (χ1n) is 7.59. The number of benzene rings is 2. The average Bonchev–Trinajstić information content (AvgIpc) is 3.03. The zero-order chi connectivity index (χ0) is 16.9. The van der Waals surface area contributed by atoms with E-state index >= 15 is 0 Å². The van der Waals surface area contributed by atoms with Crippen LogP contribution < -0.4 is 5.32 Å². The van der Waals surface area contributed by atoms with Gasteiger partial charge in [-0.2, -0.15) is 0 Å². The molecule has 24 heavy (non-hydrogen) atoms. The Hall–Kier alpha value is -2.11. The minimum absolute atomic E-state index is 0.0424. The number of hydrogen-bond donors (Lipinski definition) is 1. The van der Waals surface area contributed by atoms with E-state index in [-0.39, 0.29) is 5.91 Å². The lowest BCUT2D eigenvalue weighted by molar-refractivity contribution is -0.115. The molecule has 0 fully saturated rings. The number of nitrogens with zero attached hydrogens (tertiary/aromatic N) is 1. The molecule has 1 amide bonds. The molecule has 0 spiro atoms. The highest BCUT2D eigenvalue weighted by Crippen LogP contribution is 2.25. The highest BCUT2D eigenvalue weighted by atomic mass is 32.2. The smallest absolute Gasteiger partial charge is 0.231 e. The number of rotatable bonds is 5. The van der Waals surface area contributed by atoms with E-state index < -0.39 is 0 Å². The van der Waals surface area contributed by atoms with Crippen LogP contribution in [-0.4, -0.2) is 17.1 Å². The van der Waals surface area contributed by atoms with Crippen molar-refractivity contribution in [3.05, 3.63) is 64.5 Å². The third-order valence-corrected chi connectivity index (χ3v) is 5.14. The molecule has 122 valence electrons. The summed E-state index contributed by atoms with van der Waals surface area (Å²) < 4.78 is 0. The summed E-state index contributed by atoms with van der Waals surface area (Å²) in [6.45, 7) is 2.01. The first-order valence-corrected chi connectivity index (χ1v) is 9.70. The summed E-state index contributed by atoms with van der Waals surface area (Å²) in [4.78, 5) is 18.0. The van der Waals surface area contributed by atoms with Gasteiger partial charge in [0.1, 0.15) is 5.01 Å². The molecular weight excluding hydrogens is 336 g/mol. The lowest BCUT2D eigenvalue weighted by Gasteiger charge is -2.04. The molecule has 2 aromatic carbocycles. The van der Waals surface area contributed by atoms with Crippen LogP contribution >= 0.6 is 23.1 Å². The quantitative estimate of drug-likeness (QED) is 0.654. The summed E-state index contributed by atoms with van der Waals surface area (Å²) in [6, 6.07) is 16.1. The molecule has 0 saturated heterocycles. The van der Waals surface area contributed by atoms with Crippen molar-refractivity contribution in [3.63, 3.8) is 0 Å². The fraction of sp³-hybridized carbons (Fsp3) is 0.158. The predicted octanol–water partition coefficient (Wildman–Crippen LogP) is 5.02. The molecule has 0 aliphatic rings. The van der Waals surface area contributed by atoms with Crippen LogP contribution in [0.15, 0.2) is 58.8 Å². The summed E-state index contributed by atoms with van der Waals surface area (Å²) in [5.74, 6) is -0.0424. The number of thiazole rings is 1. The van der Waals surface area contributed by atoms with Crippen LogP contribution in [0.1, 0.15) is 10.6 Å². The Labute approximate surface area is 150 Å². The Morgan fingerprint density at radius 2 is 2.00 bits per heavy atom. The number of aromatic nitrogens is 1. The van der Waals surface area contributed by atoms with E-state index in [1.165, 1.54) is 16.2 Å². The minimum atomic E-state index is -0.0424. The number of amides is 1. The zero-order valence-corrected chi connectivity index (χ0v) is 15.2. The van der Waals surface area contributed by atoms with Gasteiger partial charge in [-0.3, -0.25) is 4.79 Å². The van der Waals surface area contributed by atoms with Crippen LogP contribution in [0.5, 0.6) is 0 Å². The maximum Gasteiger partial charge on any atom is 0.231 e. The van der Waals surface area contributed by atoms with Gasteiger partial charge in [0.15, 0.2) is 0 Å². The molecule has 1 aromatic heterocycles. The number of hydrogen-bond acceptors (Lipinski definition) is 4. The van der Waals surface area contributed by atoms with Gasteiger partial charge in [0.25, 0.3) is 0 Å². The van der Waals surface area contributed by atoms with Gasteiger partial charge in [-0.15, -0.1) is 23.1 Å². The van der Waals surface area contributed by atoms with E-state index in [1.54, 1.807) is 11.8 Å². The van der Waals surface area contributed by atoms with Crippen LogP contribution in [0, 0.1) is 6.92 Å². The average molecular weight is 354 g/mol. The second-order valence-electron chi connectivity index (χ2n) is 5.45. The summed E-state index contributed by atoms with van der Waals surface area (Å²) in [7, 11) is 0. The number of carbonyl (C=O) groups excluding carboxylic acids is 1. The van der Waals surface area contributed by atoms with Crippen LogP contribution in [0.4, 0.5) is 5.69 Å². The molecule has 0 saturated carbocycles. The molecule has 0 aliphatic heterocycles. The second kappa shape index (κ2) is 7.64. The molecule has 0 bridgehead atoms. The van der Waals surface area contributed by atoms with Crippen molar-refractivity contribution in [1.29, 1.82) is 0 Å². The van der Waals surface area contributed by atoms with Gasteiger partial charge in [-0.25, -0.2) is 4.98 Å². The maximum absolute atomic E-state index is 12.2. The summed E-state index contributed by atoms with van der Waals surface area (Å²) >= 11 is 3.24. The number of anilines is 1. The van der Waals surface area contributed by atoms with E-state index in [4.69, 9.17) is 0 Å². The van der Waals surface area contributed by atoms with E-state index in [1.807, 2.05) is 36.6 Å². The van der Waals surface area contributed by atoms with Crippen molar-refractivity contribution in [2.45, 2.75) is 18.2 Å². The van der Waals surface area contributed by atoms with E-state index in [0.29, 0.717) is 6.42 Å². The van der Waals surface area contributed by atoms with Crippen LogP contribution in [0.3, 0.4) is 0 Å². The molecule has 3 aromatic rings. The Bertz CT molecular complexity index is 841. The highest BCUT2D eigenvalue weighted by molar-refractivity contribution is 7.98. The van der Waals surface area contributed by atoms with Gasteiger partial charge in [0, 0.05) is 21.5 Å².